The Morgan fingerprint density at radius 1 is 1.60 bits per heavy atom. The number of nitrogens with zero attached hydrogens (tertiary/aromatic N) is 2. The van der Waals surface area contributed by atoms with E-state index in [9.17, 15) is 5.26 Å². The van der Waals surface area contributed by atoms with E-state index in [1.807, 2.05) is 0 Å². The van der Waals surface area contributed by atoms with Crippen molar-refractivity contribution < 1.29 is 4.74 Å². The second-order valence-corrected chi connectivity index (χ2v) is 4.45. The molecule has 0 spiro atoms. The second-order valence-electron chi connectivity index (χ2n) is 4.45. The van der Waals surface area contributed by atoms with Crippen LogP contribution in [0.4, 0.5) is 0 Å². The first-order chi connectivity index (χ1) is 7.32. The van der Waals surface area contributed by atoms with Crippen molar-refractivity contribution in [2.75, 3.05) is 33.4 Å². The van der Waals surface area contributed by atoms with E-state index >= 15 is 0 Å². The van der Waals surface area contributed by atoms with Crippen molar-refractivity contribution in [1.29, 1.82) is 5.26 Å². The van der Waals surface area contributed by atoms with E-state index in [-0.39, 0.29) is 5.54 Å². The van der Waals surface area contributed by atoms with Gasteiger partial charge < -0.3 is 4.74 Å². The van der Waals surface area contributed by atoms with Gasteiger partial charge in [-0.05, 0) is 25.8 Å². The molecule has 4 nitrogen and oxygen atoms in total. The van der Waals surface area contributed by atoms with E-state index in [4.69, 9.17) is 4.74 Å². The molecular formula is C11H19N3O. The quantitative estimate of drug-likeness (QED) is 0.679. The summed E-state index contributed by atoms with van der Waals surface area (Å²) in [5.41, 5.74) is -0.310. The second kappa shape index (κ2) is 4.48. The zero-order valence-electron chi connectivity index (χ0n) is 9.33. The summed E-state index contributed by atoms with van der Waals surface area (Å²) in [6.07, 6.45) is 3.35. The van der Waals surface area contributed by atoms with Crippen molar-refractivity contribution >= 4 is 0 Å². The molecule has 0 saturated carbocycles. The maximum atomic E-state index is 9.38. The Labute approximate surface area is 91.2 Å². The highest BCUT2D eigenvalue weighted by Gasteiger charge is 2.49. The number of methoxy groups -OCH3 is 1. The number of ether oxygens (including phenoxy) is 1. The molecule has 2 fully saturated rings. The molecule has 0 aromatic rings. The predicted molar refractivity (Wildman–Crippen MR) is 57.4 cm³/mol. The highest BCUT2D eigenvalue weighted by molar-refractivity contribution is 5.19. The minimum atomic E-state index is -0.310. The Morgan fingerprint density at radius 2 is 2.47 bits per heavy atom. The number of nitrogens with one attached hydrogen (secondary N) is 1. The van der Waals surface area contributed by atoms with E-state index in [2.05, 4.69) is 16.3 Å². The third-order valence-corrected chi connectivity index (χ3v) is 3.67. The molecule has 0 bridgehead atoms. The highest BCUT2D eigenvalue weighted by atomic mass is 16.5. The monoisotopic (exact) mass is 209 g/mol. The third-order valence-electron chi connectivity index (χ3n) is 3.67. The fourth-order valence-corrected chi connectivity index (χ4v) is 2.89. The fourth-order valence-electron chi connectivity index (χ4n) is 2.89. The van der Waals surface area contributed by atoms with Gasteiger partial charge in [-0.2, -0.15) is 5.26 Å². The van der Waals surface area contributed by atoms with Crippen molar-refractivity contribution in [3.63, 3.8) is 0 Å². The molecule has 1 N–H and O–H groups in total. The molecule has 4 heteroatoms. The van der Waals surface area contributed by atoms with Gasteiger partial charge in [0.1, 0.15) is 5.54 Å². The van der Waals surface area contributed by atoms with Crippen molar-refractivity contribution in [3.05, 3.63) is 0 Å². The molecule has 2 atom stereocenters. The van der Waals surface area contributed by atoms with Crippen LogP contribution in [0.15, 0.2) is 0 Å². The first-order valence-electron chi connectivity index (χ1n) is 5.72. The molecule has 2 saturated heterocycles. The van der Waals surface area contributed by atoms with Crippen LogP contribution in [0.25, 0.3) is 0 Å². The first-order valence-corrected chi connectivity index (χ1v) is 5.72. The summed E-state index contributed by atoms with van der Waals surface area (Å²) in [6.45, 7) is 3.68. The summed E-state index contributed by atoms with van der Waals surface area (Å²) in [5, 5.41) is 12.8. The minimum absolute atomic E-state index is 0.310. The topological polar surface area (TPSA) is 48.3 Å². The lowest BCUT2D eigenvalue weighted by atomic mass is 9.90. The molecule has 0 radical (unpaired) electrons. The average molecular weight is 209 g/mol. The van der Waals surface area contributed by atoms with Crippen molar-refractivity contribution in [2.24, 2.45) is 0 Å². The van der Waals surface area contributed by atoms with Crippen LogP contribution in [0, 0.1) is 11.3 Å². The van der Waals surface area contributed by atoms with Gasteiger partial charge >= 0.3 is 0 Å². The van der Waals surface area contributed by atoms with Crippen LogP contribution < -0.4 is 5.32 Å². The molecule has 2 heterocycles. The molecule has 0 aromatic carbocycles. The number of fused-ring (bicyclic) bond motifs is 1. The van der Waals surface area contributed by atoms with Crippen LogP contribution in [0.1, 0.15) is 19.3 Å². The van der Waals surface area contributed by atoms with E-state index in [0.717, 1.165) is 25.9 Å². The summed E-state index contributed by atoms with van der Waals surface area (Å²) >= 11 is 0. The normalized spacial score (nSPS) is 35.3. The first kappa shape index (κ1) is 10.9. The Bertz CT molecular complexity index is 263. The number of hydrogen-bond acceptors (Lipinski definition) is 4. The summed E-state index contributed by atoms with van der Waals surface area (Å²) in [4.78, 5) is 2.45. The summed E-state index contributed by atoms with van der Waals surface area (Å²) in [6, 6.07) is 2.93. The summed E-state index contributed by atoms with van der Waals surface area (Å²) in [7, 11) is 1.69. The molecule has 0 aliphatic carbocycles. The molecule has 2 unspecified atom stereocenters. The lowest BCUT2D eigenvalue weighted by Crippen LogP contribution is -2.52. The van der Waals surface area contributed by atoms with Crippen LogP contribution >= 0.6 is 0 Å². The van der Waals surface area contributed by atoms with Gasteiger partial charge in [0.2, 0.25) is 0 Å². The number of hydrogen-bond donors (Lipinski definition) is 1. The Kier molecular flexibility index (Phi) is 3.25. The predicted octanol–water partition coefficient (Wildman–Crippen LogP) is 0.353. The molecule has 84 valence electrons. The minimum Gasteiger partial charge on any atom is -0.383 e. The van der Waals surface area contributed by atoms with E-state index in [1.165, 1.54) is 13.0 Å². The summed E-state index contributed by atoms with van der Waals surface area (Å²) in [5.74, 6) is 0. The third kappa shape index (κ3) is 1.87. The molecule has 2 rings (SSSR count). The van der Waals surface area contributed by atoms with Gasteiger partial charge in [-0.3, -0.25) is 10.2 Å². The Balaban J connectivity index is 1.99. The number of rotatable bonds is 4. The maximum absolute atomic E-state index is 9.38. The molecular weight excluding hydrogens is 190 g/mol. The molecule has 0 amide bonds. The molecule has 2 aliphatic heterocycles. The van der Waals surface area contributed by atoms with E-state index < -0.39 is 0 Å². The lowest BCUT2D eigenvalue weighted by Gasteiger charge is -2.29. The lowest BCUT2D eigenvalue weighted by molar-refractivity contribution is 0.183. The summed E-state index contributed by atoms with van der Waals surface area (Å²) < 4.78 is 5.02. The zero-order valence-corrected chi connectivity index (χ0v) is 9.33. The van der Waals surface area contributed by atoms with Gasteiger partial charge in [-0.25, -0.2) is 0 Å². The standard InChI is InChI=1S/C11H19N3O/c1-15-8-5-13-11(9-12)4-7-14-6-2-3-10(11)14/h10,13H,2-8H2,1H3. The molecule has 0 aromatic heterocycles. The van der Waals surface area contributed by atoms with Crippen molar-refractivity contribution in [1.82, 2.24) is 10.2 Å². The van der Waals surface area contributed by atoms with Gasteiger partial charge in [0.25, 0.3) is 0 Å². The van der Waals surface area contributed by atoms with Gasteiger partial charge in [-0.1, -0.05) is 0 Å². The van der Waals surface area contributed by atoms with Crippen LogP contribution in [0.5, 0.6) is 0 Å². The number of nitriles is 1. The molecule has 2 aliphatic rings. The molecule has 15 heavy (non-hydrogen) atoms. The largest absolute Gasteiger partial charge is 0.383 e. The van der Waals surface area contributed by atoms with Gasteiger partial charge in [0.15, 0.2) is 0 Å². The van der Waals surface area contributed by atoms with Crippen LogP contribution in [0.2, 0.25) is 0 Å². The SMILES string of the molecule is COCCNC1(C#N)CCN2CCCC21. The maximum Gasteiger partial charge on any atom is 0.123 e. The highest BCUT2D eigenvalue weighted by Crippen LogP contribution is 2.35. The van der Waals surface area contributed by atoms with Gasteiger partial charge in [-0.15, -0.1) is 0 Å². The van der Waals surface area contributed by atoms with Crippen LogP contribution in [0.3, 0.4) is 0 Å². The van der Waals surface area contributed by atoms with Gasteiger partial charge in [0.05, 0.1) is 12.7 Å². The van der Waals surface area contributed by atoms with Crippen molar-refractivity contribution in [3.8, 4) is 6.07 Å². The van der Waals surface area contributed by atoms with E-state index in [0.29, 0.717) is 12.6 Å². The average Bonchev–Trinajstić information content (AvgIpc) is 2.82. The zero-order chi connectivity index (χ0) is 10.7. The Morgan fingerprint density at radius 3 is 3.20 bits per heavy atom. The Hall–Kier alpha value is -0.630. The smallest absolute Gasteiger partial charge is 0.123 e. The van der Waals surface area contributed by atoms with Crippen LogP contribution in [-0.4, -0.2) is 49.8 Å². The van der Waals surface area contributed by atoms with Crippen molar-refractivity contribution in [2.45, 2.75) is 30.8 Å². The van der Waals surface area contributed by atoms with E-state index in [1.54, 1.807) is 7.11 Å². The fraction of sp³-hybridized carbons (Fsp3) is 0.909. The van der Waals surface area contributed by atoms with Crippen LogP contribution in [-0.2, 0) is 4.74 Å². The van der Waals surface area contributed by atoms with Gasteiger partial charge in [0, 0.05) is 26.2 Å².